The molecule has 0 aromatic heterocycles. The summed E-state index contributed by atoms with van der Waals surface area (Å²) in [6, 6.07) is 0. The first-order valence-electron chi connectivity index (χ1n) is 8.98. The number of carboxylic acids is 1. The highest BCUT2D eigenvalue weighted by Gasteiger charge is 2.44. The molecule has 2 heteroatoms. The van der Waals surface area contributed by atoms with E-state index in [1.807, 2.05) is 0 Å². The van der Waals surface area contributed by atoms with Crippen molar-refractivity contribution >= 4 is 5.97 Å². The van der Waals surface area contributed by atoms with Crippen LogP contribution in [0.15, 0.2) is 0 Å². The van der Waals surface area contributed by atoms with Crippen LogP contribution < -0.4 is 0 Å². The molecule has 0 aliphatic heterocycles. The SMILES string of the molecule is CCCCC(CC)CC1(C(=O)O)CCC(C(C)(C)C)CC1. The Bertz CT molecular complexity index is 319. The molecule has 1 rings (SSSR count). The average molecular weight is 296 g/mol. The second kappa shape index (κ2) is 7.65. The molecule has 0 heterocycles. The van der Waals surface area contributed by atoms with E-state index in [9.17, 15) is 9.90 Å². The summed E-state index contributed by atoms with van der Waals surface area (Å²) in [5.41, 5.74) is -0.118. The van der Waals surface area contributed by atoms with Crippen molar-refractivity contribution < 1.29 is 9.90 Å². The lowest BCUT2D eigenvalue weighted by Crippen LogP contribution is -2.39. The standard InChI is InChI=1S/C19H36O2/c1-6-8-9-15(7-2)14-19(17(20)21)12-10-16(11-13-19)18(3,4)5/h15-16H,6-14H2,1-5H3,(H,20,21). The van der Waals surface area contributed by atoms with Crippen LogP contribution in [0.1, 0.15) is 92.4 Å². The Morgan fingerprint density at radius 1 is 1.24 bits per heavy atom. The Kier molecular flexibility index (Phi) is 6.74. The highest BCUT2D eigenvalue weighted by Crippen LogP contribution is 2.49. The zero-order valence-corrected chi connectivity index (χ0v) is 14.9. The van der Waals surface area contributed by atoms with Crippen LogP contribution in [0.25, 0.3) is 0 Å². The average Bonchev–Trinajstić information content (AvgIpc) is 2.42. The van der Waals surface area contributed by atoms with Crippen LogP contribution in [0, 0.1) is 22.7 Å². The Morgan fingerprint density at radius 3 is 2.19 bits per heavy atom. The van der Waals surface area contributed by atoms with Crippen LogP contribution >= 0.6 is 0 Å². The third kappa shape index (κ3) is 5.00. The van der Waals surface area contributed by atoms with Gasteiger partial charge in [-0.25, -0.2) is 0 Å². The normalized spacial score (nSPS) is 28.3. The quantitative estimate of drug-likeness (QED) is 0.635. The van der Waals surface area contributed by atoms with Crippen LogP contribution in [0.3, 0.4) is 0 Å². The Morgan fingerprint density at radius 2 is 1.81 bits per heavy atom. The van der Waals surface area contributed by atoms with Crippen molar-refractivity contribution in [1.82, 2.24) is 0 Å². The molecule has 0 saturated heterocycles. The second-order valence-electron chi connectivity index (χ2n) is 8.35. The summed E-state index contributed by atoms with van der Waals surface area (Å²) in [7, 11) is 0. The number of rotatable bonds is 7. The fraction of sp³-hybridized carbons (Fsp3) is 0.947. The van der Waals surface area contributed by atoms with Crippen molar-refractivity contribution in [2.75, 3.05) is 0 Å². The van der Waals surface area contributed by atoms with E-state index in [0.717, 1.165) is 38.5 Å². The summed E-state index contributed by atoms with van der Waals surface area (Å²) in [5, 5.41) is 9.85. The van der Waals surface area contributed by atoms with E-state index in [1.165, 1.54) is 19.3 Å². The molecule has 124 valence electrons. The van der Waals surface area contributed by atoms with E-state index < -0.39 is 11.4 Å². The molecule has 1 saturated carbocycles. The lowest BCUT2D eigenvalue weighted by molar-refractivity contribution is -0.154. The smallest absolute Gasteiger partial charge is 0.309 e. The number of aliphatic carboxylic acids is 1. The van der Waals surface area contributed by atoms with Gasteiger partial charge in [-0.05, 0) is 49.4 Å². The molecule has 1 aliphatic carbocycles. The molecule has 2 nitrogen and oxygen atoms in total. The van der Waals surface area contributed by atoms with Crippen molar-refractivity contribution in [1.29, 1.82) is 0 Å². The first kappa shape index (κ1) is 18.5. The molecule has 1 atom stereocenters. The molecule has 1 fully saturated rings. The summed E-state index contributed by atoms with van der Waals surface area (Å²) >= 11 is 0. The van der Waals surface area contributed by atoms with E-state index in [2.05, 4.69) is 34.6 Å². The van der Waals surface area contributed by atoms with Gasteiger partial charge in [0, 0.05) is 0 Å². The Labute approximate surface area is 131 Å². The number of carboxylic acid groups (broad SMARTS) is 1. The molecule has 0 amide bonds. The van der Waals surface area contributed by atoms with E-state index >= 15 is 0 Å². The van der Waals surface area contributed by atoms with Crippen LogP contribution in [-0.2, 0) is 4.79 Å². The third-order valence-electron chi connectivity index (χ3n) is 5.84. The molecule has 1 aliphatic rings. The van der Waals surface area contributed by atoms with Gasteiger partial charge in [-0.1, -0.05) is 60.3 Å². The summed E-state index contributed by atoms with van der Waals surface area (Å²) in [4.78, 5) is 12.0. The van der Waals surface area contributed by atoms with Gasteiger partial charge in [0.1, 0.15) is 0 Å². The molecule has 21 heavy (non-hydrogen) atoms. The van der Waals surface area contributed by atoms with Gasteiger partial charge in [-0.2, -0.15) is 0 Å². The number of unbranched alkanes of at least 4 members (excludes halogenated alkanes) is 1. The molecule has 0 aromatic rings. The van der Waals surface area contributed by atoms with E-state index in [0.29, 0.717) is 17.3 Å². The maximum atomic E-state index is 12.0. The maximum absolute atomic E-state index is 12.0. The lowest BCUT2D eigenvalue weighted by atomic mass is 9.61. The summed E-state index contributed by atoms with van der Waals surface area (Å²) in [5.74, 6) is 0.734. The molecule has 0 radical (unpaired) electrons. The van der Waals surface area contributed by atoms with Crippen molar-refractivity contribution in [3.05, 3.63) is 0 Å². The fourth-order valence-corrected chi connectivity index (χ4v) is 4.04. The van der Waals surface area contributed by atoms with Gasteiger partial charge < -0.3 is 5.11 Å². The topological polar surface area (TPSA) is 37.3 Å². The number of carbonyl (C=O) groups is 1. The first-order chi connectivity index (χ1) is 9.75. The predicted octanol–water partition coefficient (Wildman–Crippen LogP) is 5.90. The van der Waals surface area contributed by atoms with E-state index in [4.69, 9.17) is 0 Å². The van der Waals surface area contributed by atoms with Crippen LogP contribution in [0.4, 0.5) is 0 Å². The largest absolute Gasteiger partial charge is 0.481 e. The molecule has 0 bridgehead atoms. The molecule has 0 spiro atoms. The molecule has 0 aromatic carbocycles. The minimum atomic E-state index is -0.537. The Balaban J connectivity index is 2.71. The Hall–Kier alpha value is -0.530. The van der Waals surface area contributed by atoms with E-state index in [-0.39, 0.29) is 0 Å². The van der Waals surface area contributed by atoms with Gasteiger partial charge in [-0.15, -0.1) is 0 Å². The van der Waals surface area contributed by atoms with Gasteiger partial charge in [-0.3, -0.25) is 4.79 Å². The van der Waals surface area contributed by atoms with Gasteiger partial charge in [0.15, 0.2) is 0 Å². The summed E-state index contributed by atoms with van der Waals surface area (Å²) in [6.45, 7) is 11.3. The maximum Gasteiger partial charge on any atom is 0.309 e. The van der Waals surface area contributed by atoms with Gasteiger partial charge in [0.05, 0.1) is 5.41 Å². The molecule has 1 unspecified atom stereocenters. The van der Waals surface area contributed by atoms with Crippen molar-refractivity contribution in [3.63, 3.8) is 0 Å². The zero-order chi connectivity index (χ0) is 16.1. The molecular formula is C19H36O2. The minimum absolute atomic E-state index is 0.316. The van der Waals surface area contributed by atoms with Gasteiger partial charge in [0.2, 0.25) is 0 Å². The zero-order valence-electron chi connectivity index (χ0n) is 14.9. The monoisotopic (exact) mass is 296 g/mol. The molecule has 1 N–H and O–H groups in total. The summed E-state index contributed by atoms with van der Waals surface area (Å²) < 4.78 is 0. The van der Waals surface area contributed by atoms with Crippen LogP contribution in [0.2, 0.25) is 0 Å². The summed E-state index contributed by atoms with van der Waals surface area (Å²) in [6.07, 6.45) is 9.60. The highest BCUT2D eigenvalue weighted by atomic mass is 16.4. The van der Waals surface area contributed by atoms with E-state index in [1.54, 1.807) is 0 Å². The number of hydrogen-bond acceptors (Lipinski definition) is 1. The second-order valence-corrected chi connectivity index (χ2v) is 8.35. The third-order valence-corrected chi connectivity index (χ3v) is 5.84. The van der Waals surface area contributed by atoms with Crippen molar-refractivity contribution in [3.8, 4) is 0 Å². The number of hydrogen-bond donors (Lipinski definition) is 1. The van der Waals surface area contributed by atoms with Gasteiger partial charge >= 0.3 is 5.97 Å². The highest BCUT2D eigenvalue weighted by molar-refractivity contribution is 5.74. The van der Waals surface area contributed by atoms with Crippen LogP contribution in [0.5, 0.6) is 0 Å². The van der Waals surface area contributed by atoms with Crippen molar-refractivity contribution in [2.24, 2.45) is 22.7 Å². The molecular weight excluding hydrogens is 260 g/mol. The van der Waals surface area contributed by atoms with Crippen LogP contribution in [-0.4, -0.2) is 11.1 Å². The lowest BCUT2D eigenvalue weighted by Gasteiger charge is -2.43. The predicted molar refractivity (Wildman–Crippen MR) is 89.4 cm³/mol. The first-order valence-corrected chi connectivity index (χ1v) is 8.98. The fourth-order valence-electron chi connectivity index (χ4n) is 4.04. The van der Waals surface area contributed by atoms with Crippen molar-refractivity contribution in [2.45, 2.75) is 92.4 Å². The minimum Gasteiger partial charge on any atom is -0.481 e. The van der Waals surface area contributed by atoms with Gasteiger partial charge in [0.25, 0.3) is 0 Å².